The minimum absolute atomic E-state index is 0. The number of hydrogen-bond donors (Lipinski definition) is 1. The number of halogens is 2. The van der Waals surface area contributed by atoms with Gasteiger partial charge in [0.2, 0.25) is 5.88 Å². The molecular formula is C9H14Cl2N2O. The van der Waals surface area contributed by atoms with Gasteiger partial charge >= 0.3 is 0 Å². The zero-order valence-electron chi connectivity index (χ0n) is 7.90. The van der Waals surface area contributed by atoms with E-state index in [1.807, 2.05) is 18.2 Å². The largest absolute Gasteiger partial charge is 0.481 e. The van der Waals surface area contributed by atoms with Gasteiger partial charge in [0.15, 0.2) is 0 Å². The van der Waals surface area contributed by atoms with Crippen molar-refractivity contribution in [1.82, 2.24) is 4.98 Å². The van der Waals surface area contributed by atoms with Crippen LogP contribution in [0.15, 0.2) is 18.2 Å². The fourth-order valence-corrected chi connectivity index (χ4v) is 1.20. The fraction of sp³-hybridized carbons (Fsp3) is 0.444. The van der Waals surface area contributed by atoms with E-state index in [2.05, 4.69) is 4.98 Å². The van der Waals surface area contributed by atoms with E-state index < -0.39 is 0 Å². The quantitative estimate of drug-likeness (QED) is 0.854. The Morgan fingerprint density at radius 2 is 2.00 bits per heavy atom. The smallest absolute Gasteiger partial charge is 0.213 e. The van der Waals surface area contributed by atoms with Crippen LogP contribution in [0.2, 0.25) is 0 Å². The summed E-state index contributed by atoms with van der Waals surface area (Å²) in [4.78, 5) is 4.28. The second-order valence-electron chi connectivity index (χ2n) is 3.22. The molecule has 5 heteroatoms. The summed E-state index contributed by atoms with van der Waals surface area (Å²) in [6.45, 7) is 0. The van der Waals surface area contributed by atoms with Crippen LogP contribution in [0.3, 0.4) is 0 Å². The molecule has 0 saturated heterocycles. The summed E-state index contributed by atoms with van der Waals surface area (Å²) in [7, 11) is 1.61. The van der Waals surface area contributed by atoms with Gasteiger partial charge in [-0.3, -0.25) is 0 Å². The summed E-state index contributed by atoms with van der Waals surface area (Å²) in [5.41, 5.74) is 6.76. The molecule has 0 atom stereocenters. The van der Waals surface area contributed by atoms with Crippen molar-refractivity contribution in [3.05, 3.63) is 23.9 Å². The van der Waals surface area contributed by atoms with Gasteiger partial charge in [-0.1, -0.05) is 6.07 Å². The third kappa shape index (κ3) is 2.50. The highest BCUT2D eigenvalue weighted by Crippen LogP contribution is 2.41. The van der Waals surface area contributed by atoms with Gasteiger partial charge in [-0.05, 0) is 18.9 Å². The highest BCUT2D eigenvalue weighted by molar-refractivity contribution is 5.85. The van der Waals surface area contributed by atoms with Crippen molar-refractivity contribution in [1.29, 1.82) is 0 Å². The molecule has 0 spiro atoms. The van der Waals surface area contributed by atoms with Gasteiger partial charge in [0, 0.05) is 6.07 Å². The normalized spacial score (nSPS) is 16.1. The number of nitrogens with zero attached hydrogens (tertiary/aromatic N) is 1. The van der Waals surface area contributed by atoms with Gasteiger partial charge in [-0.25, -0.2) is 4.98 Å². The summed E-state index contributed by atoms with van der Waals surface area (Å²) in [5, 5.41) is 0. The Morgan fingerprint density at radius 3 is 2.50 bits per heavy atom. The Balaban J connectivity index is 0.000000845. The molecule has 0 aromatic carbocycles. The lowest BCUT2D eigenvalue weighted by atomic mass is 10.2. The molecule has 1 aromatic heterocycles. The van der Waals surface area contributed by atoms with Crippen molar-refractivity contribution in [2.45, 2.75) is 18.4 Å². The van der Waals surface area contributed by atoms with E-state index in [9.17, 15) is 0 Å². The number of rotatable bonds is 2. The maximum Gasteiger partial charge on any atom is 0.213 e. The Kier molecular flexibility index (Phi) is 4.65. The Bertz CT molecular complexity index is 303. The Hall–Kier alpha value is -0.510. The first-order valence-corrected chi connectivity index (χ1v) is 4.05. The van der Waals surface area contributed by atoms with Gasteiger partial charge in [0.1, 0.15) is 0 Å². The number of nitrogens with two attached hydrogens (primary N) is 1. The third-order valence-electron chi connectivity index (χ3n) is 2.23. The molecular weight excluding hydrogens is 223 g/mol. The van der Waals surface area contributed by atoms with Gasteiger partial charge in [0.25, 0.3) is 0 Å². The lowest BCUT2D eigenvalue weighted by molar-refractivity contribution is 0.394. The fourth-order valence-electron chi connectivity index (χ4n) is 1.20. The molecule has 0 bridgehead atoms. The summed E-state index contributed by atoms with van der Waals surface area (Å²) in [6, 6.07) is 5.71. The standard InChI is InChI=1S/C9H12N2O.2ClH/c1-12-8-4-2-3-7(11-8)9(10)5-6-9;;/h2-4H,5-6,10H2,1H3;2*1H. The number of methoxy groups -OCH3 is 1. The van der Waals surface area contributed by atoms with Crippen LogP contribution < -0.4 is 10.5 Å². The SMILES string of the molecule is COc1cccc(C2(N)CC2)n1.Cl.Cl. The van der Waals surface area contributed by atoms with Crippen LogP contribution in [-0.2, 0) is 5.54 Å². The summed E-state index contributed by atoms with van der Waals surface area (Å²) < 4.78 is 5.01. The molecule has 0 amide bonds. The topological polar surface area (TPSA) is 48.1 Å². The minimum Gasteiger partial charge on any atom is -0.481 e. The van der Waals surface area contributed by atoms with Crippen LogP contribution in [0.5, 0.6) is 5.88 Å². The number of aromatic nitrogens is 1. The van der Waals surface area contributed by atoms with Crippen LogP contribution in [0.4, 0.5) is 0 Å². The molecule has 1 aromatic rings. The van der Waals surface area contributed by atoms with Crippen molar-refractivity contribution < 1.29 is 4.74 Å². The van der Waals surface area contributed by atoms with Crippen molar-refractivity contribution in [3.63, 3.8) is 0 Å². The van der Waals surface area contributed by atoms with Gasteiger partial charge in [-0.2, -0.15) is 0 Å². The van der Waals surface area contributed by atoms with Crippen LogP contribution in [-0.4, -0.2) is 12.1 Å². The molecule has 80 valence electrons. The van der Waals surface area contributed by atoms with Crippen molar-refractivity contribution in [2.24, 2.45) is 5.73 Å². The molecule has 1 aliphatic rings. The maximum absolute atomic E-state index is 5.97. The van der Waals surface area contributed by atoms with Crippen LogP contribution in [0, 0.1) is 0 Å². The predicted molar refractivity (Wildman–Crippen MR) is 60.4 cm³/mol. The van der Waals surface area contributed by atoms with E-state index in [4.69, 9.17) is 10.5 Å². The number of pyridine rings is 1. The molecule has 1 fully saturated rings. The van der Waals surface area contributed by atoms with Crippen LogP contribution in [0.1, 0.15) is 18.5 Å². The highest BCUT2D eigenvalue weighted by atomic mass is 35.5. The molecule has 2 rings (SSSR count). The monoisotopic (exact) mass is 236 g/mol. The first kappa shape index (κ1) is 13.5. The van der Waals surface area contributed by atoms with E-state index in [-0.39, 0.29) is 30.4 Å². The van der Waals surface area contributed by atoms with Crippen molar-refractivity contribution in [2.75, 3.05) is 7.11 Å². The summed E-state index contributed by atoms with van der Waals surface area (Å²) in [5.74, 6) is 0.643. The van der Waals surface area contributed by atoms with E-state index >= 15 is 0 Å². The van der Waals surface area contributed by atoms with Crippen molar-refractivity contribution >= 4 is 24.8 Å². The van der Waals surface area contributed by atoms with E-state index in [1.54, 1.807) is 7.11 Å². The van der Waals surface area contributed by atoms with Gasteiger partial charge < -0.3 is 10.5 Å². The number of ether oxygens (including phenoxy) is 1. The van der Waals surface area contributed by atoms with Gasteiger partial charge in [-0.15, -0.1) is 24.8 Å². The first-order chi connectivity index (χ1) is 5.74. The molecule has 3 nitrogen and oxygen atoms in total. The maximum atomic E-state index is 5.97. The predicted octanol–water partition coefficient (Wildman–Crippen LogP) is 1.88. The zero-order chi connectivity index (χ0) is 8.60. The molecule has 0 unspecified atom stereocenters. The zero-order valence-corrected chi connectivity index (χ0v) is 9.53. The van der Waals surface area contributed by atoms with E-state index in [1.165, 1.54) is 0 Å². The second kappa shape index (κ2) is 4.82. The first-order valence-electron chi connectivity index (χ1n) is 4.05. The average molecular weight is 237 g/mol. The van der Waals surface area contributed by atoms with Crippen LogP contribution >= 0.6 is 24.8 Å². The molecule has 1 aliphatic carbocycles. The second-order valence-corrected chi connectivity index (χ2v) is 3.22. The molecule has 1 saturated carbocycles. The van der Waals surface area contributed by atoms with Crippen molar-refractivity contribution in [3.8, 4) is 5.88 Å². The van der Waals surface area contributed by atoms with E-state index in [0.717, 1.165) is 18.5 Å². The van der Waals surface area contributed by atoms with E-state index in [0.29, 0.717) is 5.88 Å². The molecule has 0 radical (unpaired) electrons. The molecule has 14 heavy (non-hydrogen) atoms. The number of hydrogen-bond acceptors (Lipinski definition) is 3. The minimum atomic E-state index is -0.158. The van der Waals surface area contributed by atoms with Gasteiger partial charge in [0.05, 0.1) is 18.3 Å². The molecule has 0 aliphatic heterocycles. The summed E-state index contributed by atoms with van der Waals surface area (Å²) >= 11 is 0. The molecule has 1 heterocycles. The summed E-state index contributed by atoms with van der Waals surface area (Å²) in [6.07, 6.45) is 2.07. The lowest BCUT2D eigenvalue weighted by Crippen LogP contribution is -2.20. The van der Waals surface area contributed by atoms with Crippen LogP contribution in [0.25, 0.3) is 0 Å². The molecule has 2 N–H and O–H groups in total. The third-order valence-corrected chi connectivity index (χ3v) is 2.23. The Morgan fingerprint density at radius 1 is 1.36 bits per heavy atom. The highest BCUT2D eigenvalue weighted by Gasteiger charge is 2.41. The lowest BCUT2D eigenvalue weighted by Gasteiger charge is -2.08. The average Bonchev–Trinajstić information content (AvgIpc) is 2.85. The Labute approximate surface area is 95.9 Å².